The van der Waals surface area contributed by atoms with Gasteiger partial charge in [-0.25, -0.2) is 0 Å². The molecule has 0 fully saturated rings. The summed E-state index contributed by atoms with van der Waals surface area (Å²) < 4.78 is 11.1. The van der Waals surface area contributed by atoms with E-state index in [0.29, 0.717) is 19.8 Å². The first-order valence-electron chi connectivity index (χ1n) is 5.60. The summed E-state index contributed by atoms with van der Waals surface area (Å²) in [7, 11) is 0. The maximum absolute atomic E-state index is 6.17. The molecule has 0 radical (unpaired) electrons. The summed E-state index contributed by atoms with van der Waals surface area (Å²) in [6.45, 7) is 1.91. The van der Waals surface area contributed by atoms with E-state index < -0.39 is 0 Å². The van der Waals surface area contributed by atoms with Crippen molar-refractivity contribution in [1.29, 1.82) is 0 Å². The lowest BCUT2D eigenvalue weighted by Crippen LogP contribution is -2.16. The van der Waals surface area contributed by atoms with E-state index in [1.807, 2.05) is 12.1 Å². The van der Waals surface area contributed by atoms with E-state index in [1.165, 1.54) is 0 Å². The molecule has 0 bridgehead atoms. The molecule has 0 aromatic heterocycles. The maximum Gasteiger partial charge on any atom is 0.166 e. The van der Waals surface area contributed by atoms with Gasteiger partial charge < -0.3 is 15.2 Å². The number of unbranched alkanes of at least 4 members (excludes halogenated alkanes) is 1. The average Bonchev–Trinajstić information content (AvgIpc) is 2.32. The molecule has 1 aromatic carbocycles. The Labute approximate surface area is 100 Å². The van der Waals surface area contributed by atoms with Crippen LogP contribution in [0.4, 0.5) is 0 Å². The molecule has 88 valence electrons. The Balaban J connectivity index is 2.20. The summed E-state index contributed by atoms with van der Waals surface area (Å²) in [6, 6.07) is 3.73. The number of hydrogen-bond acceptors (Lipinski definition) is 3. The zero-order valence-corrected chi connectivity index (χ0v) is 9.93. The molecule has 0 aliphatic carbocycles. The SMILES string of the molecule is NCCCCc1c(Cl)ccc2c1OCCO2. The van der Waals surface area contributed by atoms with Crippen LogP contribution in [0.5, 0.6) is 11.5 Å². The molecule has 0 amide bonds. The van der Waals surface area contributed by atoms with Crippen molar-refractivity contribution in [3.05, 3.63) is 22.7 Å². The Hall–Kier alpha value is -0.930. The molecular weight excluding hydrogens is 226 g/mol. The van der Waals surface area contributed by atoms with Crippen LogP contribution in [-0.4, -0.2) is 19.8 Å². The fourth-order valence-electron chi connectivity index (χ4n) is 1.83. The van der Waals surface area contributed by atoms with Gasteiger partial charge in [0.15, 0.2) is 11.5 Å². The van der Waals surface area contributed by atoms with Crippen molar-refractivity contribution in [3.8, 4) is 11.5 Å². The molecule has 1 aliphatic rings. The minimum absolute atomic E-state index is 0.594. The first-order valence-corrected chi connectivity index (χ1v) is 5.98. The summed E-state index contributed by atoms with van der Waals surface area (Å²) >= 11 is 6.17. The highest BCUT2D eigenvalue weighted by molar-refractivity contribution is 6.31. The first-order chi connectivity index (χ1) is 7.83. The zero-order valence-electron chi connectivity index (χ0n) is 9.17. The predicted molar refractivity (Wildman–Crippen MR) is 64.4 cm³/mol. The third-order valence-corrected chi connectivity index (χ3v) is 2.99. The van der Waals surface area contributed by atoms with E-state index in [2.05, 4.69) is 0 Å². The number of hydrogen-bond donors (Lipinski definition) is 1. The Morgan fingerprint density at radius 3 is 2.81 bits per heavy atom. The van der Waals surface area contributed by atoms with Gasteiger partial charge in [-0.1, -0.05) is 11.6 Å². The second kappa shape index (κ2) is 5.41. The van der Waals surface area contributed by atoms with Gasteiger partial charge in [0.2, 0.25) is 0 Å². The molecule has 3 nitrogen and oxygen atoms in total. The van der Waals surface area contributed by atoms with Gasteiger partial charge in [0.1, 0.15) is 13.2 Å². The van der Waals surface area contributed by atoms with Crippen LogP contribution in [0, 0.1) is 0 Å². The van der Waals surface area contributed by atoms with Crippen LogP contribution >= 0.6 is 11.6 Å². The van der Waals surface area contributed by atoms with Gasteiger partial charge in [-0.15, -0.1) is 0 Å². The Morgan fingerprint density at radius 2 is 2.00 bits per heavy atom. The van der Waals surface area contributed by atoms with Crippen LogP contribution in [0.1, 0.15) is 18.4 Å². The number of rotatable bonds is 4. The van der Waals surface area contributed by atoms with Crippen LogP contribution in [0.3, 0.4) is 0 Å². The highest BCUT2D eigenvalue weighted by Crippen LogP contribution is 2.38. The lowest BCUT2D eigenvalue weighted by atomic mass is 10.1. The molecule has 0 unspecified atom stereocenters. The van der Waals surface area contributed by atoms with Gasteiger partial charge in [-0.05, 0) is 37.9 Å². The van der Waals surface area contributed by atoms with Gasteiger partial charge in [0, 0.05) is 10.6 Å². The molecule has 1 aromatic rings. The number of halogens is 1. The summed E-state index contributed by atoms with van der Waals surface area (Å²) in [4.78, 5) is 0. The Kier molecular flexibility index (Phi) is 3.91. The average molecular weight is 242 g/mol. The van der Waals surface area contributed by atoms with E-state index in [9.17, 15) is 0 Å². The molecule has 0 spiro atoms. The van der Waals surface area contributed by atoms with E-state index in [-0.39, 0.29) is 0 Å². The van der Waals surface area contributed by atoms with Crippen LogP contribution in [0.25, 0.3) is 0 Å². The standard InChI is InChI=1S/C12H16ClNO2/c13-10-4-5-11-12(16-8-7-15-11)9(10)3-1-2-6-14/h4-5H,1-3,6-8,14H2. The molecule has 16 heavy (non-hydrogen) atoms. The smallest absolute Gasteiger partial charge is 0.166 e. The summed E-state index contributed by atoms with van der Waals surface area (Å²) in [5, 5.41) is 0.751. The summed E-state index contributed by atoms with van der Waals surface area (Å²) in [5.74, 6) is 1.62. The molecule has 0 saturated carbocycles. The van der Waals surface area contributed by atoms with Gasteiger partial charge in [0.05, 0.1) is 0 Å². The number of ether oxygens (including phenoxy) is 2. The molecule has 0 saturated heterocycles. The van der Waals surface area contributed by atoms with Crippen molar-refractivity contribution in [1.82, 2.24) is 0 Å². The third-order valence-electron chi connectivity index (χ3n) is 2.64. The summed E-state index contributed by atoms with van der Waals surface area (Å²) in [6.07, 6.45) is 2.92. The van der Waals surface area contributed by atoms with E-state index in [1.54, 1.807) is 0 Å². The first kappa shape index (κ1) is 11.6. The molecule has 1 heterocycles. The molecule has 2 N–H and O–H groups in total. The van der Waals surface area contributed by atoms with Crippen molar-refractivity contribution in [2.24, 2.45) is 5.73 Å². The van der Waals surface area contributed by atoms with Crippen molar-refractivity contribution in [3.63, 3.8) is 0 Å². The highest BCUT2D eigenvalue weighted by atomic mass is 35.5. The predicted octanol–water partition coefficient (Wildman–Crippen LogP) is 2.39. The van der Waals surface area contributed by atoms with Crippen LogP contribution in [0.15, 0.2) is 12.1 Å². The monoisotopic (exact) mass is 241 g/mol. The molecule has 2 rings (SSSR count). The minimum atomic E-state index is 0.594. The quantitative estimate of drug-likeness (QED) is 0.824. The van der Waals surface area contributed by atoms with Gasteiger partial charge in [-0.3, -0.25) is 0 Å². The van der Waals surface area contributed by atoms with Crippen LogP contribution < -0.4 is 15.2 Å². The Morgan fingerprint density at radius 1 is 1.19 bits per heavy atom. The van der Waals surface area contributed by atoms with Crippen LogP contribution in [-0.2, 0) is 6.42 Å². The van der Waals surface area contributed by atoms with Gasteiger partial charge >= 0.3 is 0 Å². The van der Waals surface area contributed by atoms with E-state index >= 15 is 0 Å². The topological polar surface area (TPSA) is 44.5 Å². The Bertz CT molecular complexity index is 368. The highest BCUT2D eigenvalue weighted by Gasteiger charge is 2.18. The van der Waals surface area contributed by atoms with Gasteiger partial charge in [-0.2, -0.15) is 0 Å². The lowest BCUT2D eigenvalue weighted by molar-refractivity contribution is 0.170. The molecule has 1 aliphatic heterocycles. The summed E-state index contributed by atoms with van der Waals surface area (Å²) in [5.41, 5.74) is 6.53. The van der Waals surface area contributed by atoms with E-state index in [0.717, 1.165) is 41.3 Å². The van der Waals surface area contributed by atoms with Crippen molar-refractivity contribution < 1.29 is 9.47 Å². The molecule has 4 heteroatoms. The normalized spacial score (nSPS) is 13.9. The number of fused-ring (bicyclic) bond motifs is 1. The fraction of sp³-hybridized carbons (Fsp3) is 0.500. The molecule has 0 atom stereocenters. The second-order valence-electron chi connectivity index (χ2n) is 3.80. The zero-order chi connectivity index (χ0) is 11.4. The number of nitrogens with two attached hydrogens (primary N) is 1. The largest absolute Gasteiger partial charge is 0.486 e. The lowest BCUT2D eigenvalue weighted by Gasteiger charge is -2.21. The second-order valence-corrected chi connectivity index (χ2v) is 4.20. The molecular formula is C12H16ClNO2. The fourth-order valence-corrected chi connectivity index (χ4v) is 2.07. The van der Waals surface area contributed by atoms with E-state index in [4.69, 9.17) is 26.8 Å². The van der Waals surface area contributed by atoms with Crippen molar-refractivity contribution in [2.75, 3.05) is 19.8 Å². The minimum Gasteiger partial charge on any atom is -0.486 e. The van der Waals surface area contributed by atoms with Gasteiger partial charge in [0.25, 0.3) is 0 Å². The third kappa shape index (κ3) is 2.42. The van der Waals surface area contributed by atoms with Crippen LogP contribution in [0.2, 0.25) is 5.02 Å². The van der Waals surface area contributed by atoms with Crippen molar-refractivity contribution in [2.45, 2.75) is 19.3 Å². The number of benzene rings is 1. The maximum atomic E-state index is 6.17. The van der Waals surface area contributed by atoms with Crippen molar-refractivity contribution >= 4 is 11.6 Å².